The van der Waals surface area contributed by atoms with Gasteiger partial charge in [0, 0.05) is 18.5 Å². The summed E-state index contributed by atoms with van der Waals surface area (Å²) < 4.78 is 27.3. The molecular weight excluding hydrogens is 208 g/mol. The van der Waals surface area contributed by atoms with Gasteiger partial charge in [-0.25, -0.2) is 8.78 Å². The molecule has 1 saturated heterocycles. The molecule has 0 amide bonds. The lowest BCUT2D eigenvalue weighted by Gasteiger charge is -2.28. The van der Waals surface area contributed by atoms with E-state index in [0.717, 1.165) is 25.9 Å². The van der Waals surface area contributed by atoms with Crippen LogP contribution in [-0.2, 0) is 0 Å². The Labute approximate surface area is 95.8 Å². The maximum Gasteiger partial charge on any atom is 0.126 e. The molecule has 1 unspecified atom stereocenters. The average Bonchev–Trinajstić information content (AvgIpc) is 2.25. The van der Waals surface area contributed by atoms with Crippen LogP contribution in [0.3, 0.4) is 0 Å². The van der Waals surface area contributed by atoms with Crippen LogP contribution < -0.4 is 0 Å². The van der Waals surface area contributed by atoms with Crippen molar-refractivity contribution >= 4 is 0 Å². The van der Waals surface area contributed by atoms with E-state index in [1.807, 2.05) is 6.92 Å². The minimum Gasteiger partial charge on any atom is -0.299 e. The highest BCUT2D eigenvalue weighted by Crippen LogP contribution is 2.31. The molecule has 0 radical (unpaired) electrons. The molecule has 3 heteroatoms. The van der Waals surface area contributed by atoms with Crippen LogP contribution in [0.2, 0.25) is 0 Å². The van der Waals surface area contributed by atoms with Gasteiger partial charge in [-0.05, 0) is 37.9 Å². The fraction of sp³-hybridized carbons (Fsp3) is 0.692. The molecule has 0 aromatic heterocycles. The molecule has 90 valence electrons. The molecule has 16 heavy (non-hydrogen) atoms. The monoisotopic (exact) mass is 227 g/mol. The Morgan fingerprint density at radius 2 is 1.94 bits per heavy atom. The summed E-state index contributed by atoms with van der Waals surface area (Å²) in [6, 6.07) is 0. The van der Waals surface area contributed by atoms with Gasteiger partial charge >= 0.3 is 0 Å². The number of rotatable bonds is 2. The van der Waals surface area contributed by atoms with E-state index in [9.17, 15) is 8.78 Å². The number of halogens is 2. The molecule has 0 N–H and O–H groups in total. The lowest BCUT2D eigenvalue weighted by Crippen LogP contribution is -2.32. The molecule has 2 aliphatic rings. The predicted octanol–water partition coefficient (Wildman–Crippen LogP) is 3.59. The Hall–Kier alpha value is -0.700. The summed E-state index contributed by atoms with van der Waals surface area (Å²) in [7, 11) is 0. The predicted molar refractivity (Wildman–Crippen MR) is 61.4 cm³/mol. The van der Waals surface area contributed by atoms with Crippen molar-refractivity contribution in [3.8, 4) is 0 Å². The molecule has 0 bridgehead atoms. The zero-order valence-electron chi connectivity index (χ0n) is 9.81. The van der Waals surface area contributed by atoms with Gasteiger partial charge in [0.1, 0.15) is 11.7 Å². The van der Waals surface area contributed by atoms with E-state index in [1.165, 1.54) is 6.42 Å². The van der Waals surface area contributed by atoms with Crippen molar-refractivity contribution < 1.29 is 8.78 Å². The quantitative estimate of drug-likeness (QED) is 0.697. The van der Waals surface area contributed by atoms with Crippen LogP contribution in [-0.4, -0.2) is 24.5 Å². The third kappa shape index (κ3) is 2.70. The van der Waals surface area contributed by atoms with Gasteiger partial charge < -0.3 is 0 Å². The SMILES string of the molecule is CC1C=C(F)C(CN2CCCCC2)=C(F)C1. The van der Waals surface area contributed by atoms with Crippen molar-refractivity contribution in [3.05, 3.63) is 23.3 Å². The lowest BCUT2D eigenvalue weighted by molar-refractivity contribution is 0.242. The second kappa shape index (κ2) is 5.09. The Bertz CT molecular complexity index is 314. The normalized spacial score (nSPS) is 28.2. The van der Waals surface area contributed by atoms with Crippen LogP contribution in [0.1, 0.15) is 32.6 Å². The van der Waals surface area contributed by atoms with Gasteiger partial charge in [-0.15, -0.1) is 0 Å². The lowest BCUT2D eigenvalue weighted by atomic mass is 9.95. The summed E-state index contributed by atoms with van der Waals surface area (Å²) in [6.07, 6.45) is 5.44. The van der Waals surface area contributed by atoms with Crippen LogP contribution in [0.5, 0.6) is 0 Å². The Kier molecular flexibility index (Phi) is 3.74. The molecule has 0 aromatic carbocycles. The summed E-state index contributed by atoms with van der Waals surface area (Å²) in [6.45, 7) is 4.23. The Morgan fingerprint density at radius 3 is 2.56 bits per heavy atom. The van der Waals surface area contributed by atoms with Crippen molar-refractivity contribution in [1.29, 1.82) is 0 Å². The summed E-state index contributed by atoms with van der Waals surface area (Å²) in [5.74, 6) is -0.606. The van der Waals surface area contributed by atoms with E-state index >= 15 is 0 Å². The molecule has 1 heterocycles. The first-order valence-corrected chi connectivity index (χ1v) is 6.14. The van der Waals surface area contributed by atoms with E-state index < -0.39 is 0 Å². The zero-order valence-corrected chi connectivity index (χ0v) is 9.81. The standard InChI is InChI=1S/C13H19F2N/c1-10-7-12(14)11(13(15)8-10)9-16-5-3-2-4-6-16/h7,10H,2-6,8-9H2,1H3. The highest BCUT2D eigenvalue weighted by Gasteiger charge is 2.22. The highest BCUT2D eigenvalue weighted by molar-refractivity contribution is 5.33. The van der Waals surface area contributed by atoms with Crippen molar-refractivity contribution in [2.45, 2.75) is 32.6 Å². The van der Waals surface area contributed by atoms with E-state index in [-0.39, 0.29) is 17.6 Å². The third-order valence-electron chi connectivity index (χ3n) is 3.38. The molecule has 1 aliphatic heterocycles. The van der Waals surface area contributed by atoms with Gasteiger partial charge in [0.25, 0.3) is 0 Å². The third-order valence-corrected chi connectivity index (χ3v) is 3.38. The summed E-state index contributed by atoms with van der Waals surface area (Å²) in [4.78, 5) is 2.15. The Morgan fingerprint density at radius 1 is 1.25 bits per heavy atom. The van der Waals surface area contributed by atoms with Crippen LogP contribution in [0.25, 0.3) is 0 Å². The number of nitrogens with zero attached hydrogens (tertiary/aromatic N) is 1. The average molecular weight is 227 g/mol. The van der Waals surface area contributed by atoms with Crippen molar-refractivity contribution in [2.75, 3.05) is 19.6 Å². The zero-order chi connectivity index (χ0) is 11.5. The van der Waals surface area contributed by atoms with E-state index in [2.05, 4.69) is 4.90 Å². The van der Waals surface area contributed by atoms with Gasteiger partial charge in [-0.1, -0.05) is 13.3 Å². The molecular formula is C13H19F2N. The molecule has 0 saturated carbocycles. The van der Waals surface area contributed by atoms with Gasteiger partial charge in [0.15, 0.2) is 0 Å². The van der Waals surface area contributed by atoms with Crippen LogP contribution in [0, 0.1) is 5.92 Å². The topological polar surface area (TPSA) is 3.24 Å². The van der Waals surface area contributed by atoms with Crippen LogP contribution in [0.15, 0.2) is 23.3 Å². The molecule has 1 nitrogen and oxygen atoms in total. The molecule has 1 fully saturated rings. The second-order valence-electron chi connectivity index (χ2n) is 4.92. The van der Waals surface area contributed by atoms with Gasteiger partial charge in [0.05, 0.1) is 0 Å². The minimum absolute atomic E-state index is 0.00916. The summed E-state index contributed by atoms with van der Waals surface area (Å²) in [5.41, 5.74) is 0.292. The molecule has 1 aliphatic carbocycles. The molecule has 2 rings (SSSR count). The first-order valence-electron chi connectivity index (χ1n) is 6.14. The van der Waals surface area contributed by atoms with E-state index in [0.29, 0.717) is 18.5 Å². The first-order chi connectivity index (χ1) is 7.66. The number of piperidine rings is 1. The van der Waals surface area contributed by atoms with Gasteiger partial charge in [-0.3, -0.25) is 4.90 Å². The number of allylic oxidation sites excluding steroid dienone is 2. The van der Waals surface area contributed by atoms with E-state index in [1.54, 1.807) is 6.08 Å². The maximum absolute atomic E-state index is 13.7. The maximum atomic E-state index is 13.7. The fourth-order valence-corrected chi connectivity index (χ4v) is 2.45. The number of likely N-dealkylation sites (tertiary alicyclic amines) is 1. The Balaban J connectivity index is 2.02. The number of hydrogen-bond donors (Lipinski definition) is 0. The molecule has 0 aromatic rings. The first kappa shape index (κ1) is 11.8. The smallest absolute Gasteiger partial charge is 0.126 e. The van der Waals surface area contributed by atoms with Crippen molar-refractivity contribution in [3.63, 3.8) is 0 Å². The van der Waals surface area contributed by atoms with Crippen molar-refractivity contribution in [2.24, 2.45) is 5.92 Å². The fourth-order valence-electron chi connectivity index (χ4n) is 2.45. The molecule has 1 atom stereocenters. The van der Waals surface area contributed by atoms with Crippen molar-refractivity contribution in [1.82, 2.24) is 4.90 Å². The van der Waals surface area contributed by atoms with Gasteiger partial charge in [-0.2, -0.15) is 0 Å². The minimum atomic E-state index is -0.346. The summed E-state index contributed by atoms with van der Waals surface area (Å²) >= 11 is 0. The second-order valence-corrected chi connectivity index (χ2v) is 4.92. The van der Waals surface area contributed by atoms with E-state index in [4.69, 9.17) is 0 Å². The largest absolute Gasteiger partial charge is 0.299 e. The summed E-state index contributed by atoms with van der Waals surface area (Å²) in [5, 5.41) is 0. The number of hydrogen-bond acceptors (Lipinski definition) is 1. The highest BCUT2D eigenvalue weighted by atomic mass is 19.1. The van der Waals surface area contributed by atoms with Crippen LogP contribution >= 0.6 is 0 Å². The van der Waals surface area contributed by atoms with Crippen LogP contribution in [0.4, 0.5) is 8.78 Å². The van der Waals surface area contributed by atoms with Gasteiger partial charge in [0.2, 0.25) is 0 Å². The molecule has 0 spiro atoms.